The Hall–Kier alpha value is -1.04. The van der Waals surface area contributed by atoms with Gasteiger partial charge in [-0.3, -0.25) is 0 Å². The highest BCUT2D eigenvalue weighted by molar-refractivity contribution is 7.90. The largest absolute Gasteiger partial charge is 0.353 e. The summed E-state index contributed by atoms with van der Waals surface area (Å²) in [6, 6.07) is 0.566. The maximum Gasteiger partial charge on any atom is 0.202 e. The third-order valence-electron chi connectivity index (χ3n) is 2.54. The lowest BCUT2D eigenvalue weighted by Gasteiger charge is -2.08. The van der Waals surface area contributed by atoms with Crippen molar-refractivity contribution in [2.75, 3.05) is 17.3 Å². The quantitative estimate of drug-likeness (QED) is 0.806. The highest BCUT2D eigenvalue weighted by Crippen LogP contribution is 2.23. The van der Waals surface area contributed by atoms with E-state index in [4.69, 9.17) is 0 Å². The third kappa shape index (κ3) is 3.52. The van der Waals surface area contributed by atoms with Gasteiger partial charge in [-0.25, -0.2) is 13.4 Å². The number of imidazole rings is 1. The SMILES string of the molecule is CS(=O)(=O)CCCn1ccnc1NC1CC1. The predicted octanol–water partition coefficient (Wildman–Crippen LogP) is 0.892. The zero-order chi connectivity index (χ0) is 11.6. The van der Waals surface area contributed by atoms with Crippen LogP contribution in [-0.2, 0) is 16.4 Å². The van der Waals surface area contributed by atoms with E-state index < -0.39 is 9.84 Å². The molecule has 0 aliphatic heterocycles. The number of nitrogens with one attached hydrogen (secondary N) is 1. The van der Waals surface area contributed by atoms with Gasteiger partial charge in [-0.05, 0) is 19.3 Å². The number of anilines is 1. The smallest absolute Gasteiger partial charge is 0.202 e. The normalized spacial score (nSPS) is 16.3. The van der Waals surface area contributed by atoms with E-state index in [9.17, 15) is 8.42 Å². The minimum absolute atomic E-state index is 0.230. The molecule has 1 aliphatic rings. The fraction of sp³-hybridized carbons (Fsp3) is 0.700. The number of hydrogen-bond acceptors (Lipinski definition) is 4. The highest BCUT2D eigenvalue weighted by Gasteiger charge is 2.22. The molecule has 1 heterocycles. The number of hydrogen-bond donors (Lipinski definition) is 1. The number of nitrogens with zero attached hydrogens (tertiary/aromatic N) is 2. The van der Waals surface area contributed by atoms with Crippen molar-refractivity contribution in [3.05, 3.63) is 12.4 Å². The fourth-order valence-electron chi connectivity index (χ4n) is 1.54. The van der Waals surface area contributed by atoms with Gasteiger partial charge in [0.05, 0.1) is 5.75 Å². The first-order chi connectivity index (χ1) is 7.54. The van der Waals surface area contributed by atoms with Gasteiger partial charge in [0.2, 0.25) is 5.95 Å². The molecule has 1 aromatic heterocycles. The van der Waals surface area contributed by atoms with Crippen molar-refractivity contribution in [2.24, 2.45) is 0 Å². The van der Waals surface area contributed by atoms with Crippen molar-refractivity contribution in [1.82, 2.24) is 9.55 Å². The maximum absolute atomic E-state index is 11.0. The molecule has 90 valence electrons. The predicted molar refractivity (Wildman–Crippen MR) is 63.2 cm³/mol. The van der Waals surface area contributed by atoms with Crippen LogP contribution >= 0.6 is 0 Å². The lowest BCUT2D eigenvalue weighted by molar-refractivity contribution is 0.592. The molecule has 0 radical (unpaired) electrons. The summed E-state index contributed by atoms with van der Waals surface area (Å²) in [5.74, 6) is 1.09. The highest BCUT2D eigenvalue weighted by atomic mass is 32.2. The molecule has 0 atom stereocenters. The molecule has 0 saturated heterocycles. The Morgan fingerprint density at radius 1 is 1.56 bits per heavy atom. The molecular formula is C10H17N3O2S. The van der Waals surface area contributed by atoms with E-state index in [1.807, 2.05) is 10.8 Å². The van der Waals surface area contributed by atoms with Crippen LogP contribution in [0.3, 0.4) is 0 Å². The molecule has 1 aliphatic carbocycles. The van der Waals surface area contributed by atoms with Gasteiger partial charge in [-0.15, -0.1) is 0 Å². The summed E-state index contributed by atoms with van der Waals surface area (Å²) in [6.45, 7) is 0.697. The molecule has 0 amide bonds. The average Bonchev–Trinajstić information content (AvgIpc) is 2.86. The van der Waals surface area contributed by atoms with Crippen LogP contribution in [0.2, 0.25) is 0 Å². The van der Waals surface area contributed by atoms with E-state index in [-0.39, 0.29) is 5.75 Å². The molecule has 1 fully saturated rings. The maximum atomic E-state index is 11.0. The minimum Gasteiger partial charge on any atom is -0.353 e. The zero-order valence-corrected chi connectivity index (χ0v) is 10.2. The summed E-state index contributed by atoms with van der Waals surface area (Å²) in [6.07, 6.45) is 7.93. The second-order valence-electron chi connectivity index (χ2n) is 4.35. The Balaban J connectivity index is 1.86. The molecule has 0 bridgehead atoms. The van der Waals surface area contributed by atoms with Crippen LogP contribution in [0.25, 0.3) is 0 Å². The van der Waals surface area contributed by atoms with E-state index in [0.29, 0.717) is 19.0 Å². The van der Waals surface area contributed by atoms with Crippen LogP contribution in [-0.4, -0.2) is 36.0 Å². The molecule has 6 heteroatoms. The monoisotopic (exact) mass is 243 g/mol. The van der Waals surface area contributed by atoms with Crippen LogP contribution in [0.15, 0.2) is 12.4 Å². The molecule has 1 N–H and O–H groups in total. The summed E-state index contributed by atoms with van der Waals surface area (Å²) >= 11 is 0. The first kappa shape index (κ1) is 11.4. The zero-order valence-electron chi connectivity index (χ0n) is 9.39. The Labute approximate surface area is 95.8 Å². The van der Waals surface area contributed by atoms with Gasteiger partial charge >= 0.3 is 0 Å². The Morgan fingerprint density at radius 2 is 2.31 bits per heavy atom. The summed E-state index contributed by atoms with van der Waals surface area (Å²) in [5.41, 5.74) is 0. The Kier molecular flexibility index (Phi) is 3.18. The molecule has 2 rings (SSSR count). The number of aromatic nitrogens is 2. The van der Waals surface area contributed by atoms with Gasteiger partial charge in [-0.2, -0.15) is 0 Å². The van der Waals surface area contributed by atoms with E-state index in [1.165, 1.54) is 19.1 Å². The first-order valence-electron chi connectivity index (χ1n) is 5.50. The third-order valence-corrected chi connectivity index (χ3v) is 3.57. The van der Waals surface area contributed by atoms with Crippen molar-refractivity contribution in [3.8, 4) is 0 Å². The topological polar surface area (TPSA) is 64.0 Å². The van der Waals surface area contributed by atoms with E-state index in [2.05, 4.69) is 10.3 Å². The molecule has 1 aromatic rings. The standard InChI is InChI=1S/C10H17N3O2S/c1-16(14,15)8-2-6-13-7-5-11-10(13)12-9-3-4-9/h5,7,9H,2-4,6,8H2,1H3,(H,11,12). The van der Waals surface area contributed by atoms with Crippen LogP contribution in [0.5, 0.6) is 0 Å². The summed E-state index contributed by atoms with van der Waals surface area (Å²) in [7, 11) is -2.86. The number of aryl methyl sites for hydroxylation is 1. The van der Waals surface area contributed by atoms with Crippen molar-refractivity contribution < 1.29 is 8.42 Å². The summed E-state index contributed by atoms with van der Waals surface area (Å²) in [4.78, 5) is 4.21. The van der Waals surface area contributed by atoms with Crippen molar-refractivity contribution in [3.63, 3.8) is 0 Å². The first-order valence-corrected chi connectivity index (χ1v) is 7.56. The minimum atomic E-state index is -2.86. The molecule has 16 heavy (non-hydrogen) atoms. The molecule has 0 unspecified atom stereocenters. The van der Waals surface area contributed by atoms with Crippen LogP contribution in [0.4, 0.5) is 5.95 Å². The van der Waals surface area contributed by atoms with Crippen molar-refractivity contribution in [1.29, 1.82) is 0 Å². The van der Waals surface area contributed by atoms with E-state index >= 15 is 0 Å². The second kappa shape index (κ2) is 4.45. The summed E-state index contributed by atoms with van der Waals surface area (Å²) < 4.78 is 24.0. The van der Waals surface area contributed by atoms with Crippen LogP contribution < -0.4 is 5.32 Å². The van der Waals surface area contributed by atoms with Gasteiger partial charge in [0.25, 0.3) is 0 Å². The van der Waals surface area contributed by atoms with E-state index in [0.717, 1.165) is 5.95 Å². The molecule has 0 aromatic carbocycles. The Bertz CT molecular complexity index is 448. The Morgan fingerprint density at radius 3 is 2.94 bits per heavy atom. The van der Waals surface area contributed by atoms with E-state index in [1.54, 1.807) is 6.20 Å². The molecular weight excluding hydrogens is 226 g/mol. The fourth-order valence-corrected chi connectivity index (χ4v) is 2.19. The molecule has 0 spiro atoms. The van der Waals surface area contributed by atoms with Crippen LogP contribution in [0.1, 0.15) is 19.3 Å². The lowest BCUT2D eigenvalue weighted by Crippen LogP contribution is -2.11. The number of rotatable bonds is 6. The van der Waals surface area contributed by atoms with Gasteiger partial charge < -0.3 is 9.88 Å². The molecule has 1 saturated carbocycles. The van der Waals surface area contributed by atoms with Crippen molar-refractivity contribution in [2.45, 2.75) is 31.8 Å². The number of sulfone groups is 1. The van der Waals surface area contributed by atoms with Gasteiger partial charge in [0, 0.05) is 31.2 Å². The second-order valence-corrected chi connectivity index (χ2v) is 6.61. The average molecular weight is 243 g/mol. The lowest BCUT2D eigenvalue weighted by atomic mass is 10.5. The van der Waals surface area contributed by atoms with Crippen molar-refractivity contribution >= 4 is 15.8 Å². The van der Waals surface area contributed by atoms with Gasteiger partial charge in [0.1, 0.15) is 9.84 Å². The van der Waals surface area contributed by atoms with Gasteiger partial charge in [0.15, 0.2) is 0 Å². The summed E-state index contributed by atoms with van der Waals surface area (Å²) in [5, 5.41) is 3.31. The molecule has 5 nitrogen and oxygen atoms in total. The van der Waals surface area contributed by atoms with Crippen LogP contribution in [0, 0.1) is 0 Å². The van der Waals surface area contributed by atoms with Gasteiger partial charge in [-0.1, -0.05) is 0 Å².